The minimum absolute atomic E-state index is 0.108. The first-order chi connectivity index (χ1) is 14.4. The average Bonchev–Trinajstić information content (AvgIpc) is 3.08. The Kier molecular flexibility index (Phi) is 5.92. The molecule has 0 bridgehead atoms. The molecule has 1 aliphatic rings. The fourth-order valence-corrected chi connectivity index (χ4v) is 4.32. The number of amides is 1. The summed E-state index contributed by atoms with van der Waals surface area (Å²) in [6.07, 6.45) is 3.92. The molecular weight excluding hydrogens is 456 g/mol. The molecule has 156 valence electrons. The molecule has 1 fully saturated rings. The van der Waals surface area contributed by atoms with Gasteiger partial charge in [0.1, 0.15) is 5.69 Å². The van der Waals surface area contributed by atoms with E-state index < -0.39 is 11.6 Å². The molecule has 3 aromatic rings. The maximum Gasteiger partial charge on any atom is 0.253 e. The van der Waals surface area contributed by atoms with Gasteiger partial charge in [0, 0.05) is 31.7 Å². The van der Waals surface area contributed by atoms with Crippen LogP contribution >= 0.6 is 15.9 Å². The van der Waals surface area contributed by atoms with Crippen molar-refractivity contribution in [2.75, 3.05) is 13.1 Å². The van der Waals surface area contributed by atoms with E-state index in [9.17, 15) is 13.6 Å². The molecule has 2 N–H and O–H groups in total. The van der Waals surface area contributed by atoms with Crippen molar-refractivity contribution in [1.82, 2.24) is 25.4 Å². The zero-order chi connectivity index (χ0) is 21.3. The molecule has 1 amide bonds. The first-order valence-electron chi connectivity index (χ1n) is 9.54. The van der Waals surface area contributed by atoms with Crippen LogP contribution in [0.4, 0.5) is 8.78 Å². The van der Waals surface area contributed by atoms with Crippen LogP contribution in [0.25, 0.3) is 11.4 Å². The average molecular weight is 476 g/mol. The van der Waals surface area contributed by atoms with Crippen LogP contribution in [-0.2, 0) is 7.05 Å². The van der Waals surface area contributed by atoms with E-state index in [-0.39, 0.29) is 17.9 Å². The summed E-state index contributed by atoms with van der Waals surface area (Å²) >= 11 is 3.45. The highest BCUT2D eigenvalue weighted by Gasteiger charge is 2.28. The van der Waals surface area contributed by atoms with Gasteiger partial charge in [0.2, 0.25) is 0 Å². The second-order valence-electron chi connectivity index (χ2n) is 7.25. The first kappa shape index (κ1) is 20.6. The summed E-state index contributed by atoms with van der Waals surface area (Å²) in [4.78, 5) is 17.2. The summed E-state index contributed by atoms with van der Waals surface area (Å²) in [7, 11) is 1.82. The van der Waals surface area contributed by atoms with E-state index in [0.717, 1.165) is 22.8 Å². The minimum atomic E-state index is -0.878. The Bertz CT molecular complexity index is 1050. The summed E-state index contributed by atoms with van der Waals surface area (Å²) in [6, 6.07) is 7.15. The maximum absolute atomic E-state index is 13.7. The second kappa shape index (κ2) is 8.61. The molecule has 0 spiro atoms. The molecule has 1 aromatic carbocycles. The maximum atomic E-state index is 13.7. The van der Waals surface area contributed by atoms with E-state index in [0.29, 0.717) is 29.8 Å². The van der Waals surface area contributed by atoms with Gasteiger partial charge in [-0.2, -0.15) is 5.10 Å². The Balaban J connectivity index is 1.51. The van der Waals surface area contributed by atoms with Gasteiger partial charge < -0.3 is 10.6 Å². The number of hydrogen-bond donors (Lipinski definition) is 2. The smallest absolute Gasteiger partial charge is 0.253 e. The number of rotatable bonds is 4. The first-order valence-corrected chi connectivity index (χ1v) is 10.3. The fourth-order valence-electron chi connectivity index (χ4n) is 3.77. The SMILES string of the molecule is Cn1ncc(Br)c1-c1ccc(C(=O)N[C@@H]2CNCC[C@H]2c2ccc(F)c(F)c2)cn1. The number of nitrogens with zero attached hydrogens (tertiary/aromatic N) is 3. The van der Waals surface area contributed by atoms with Crippen LogP contribution in [0, 0.1) is 11.6 Å². The van der Waals surface area contributed by atoms with Crippen molar-refractivity contribution in [3.8, 4) is 11.4 Å². The Hall–Kier alpha value is -2.65. The third-order valence-electron chi connectivity index (χ3n) is 5.33. The number of piperidine rings is 1. The van der Waals surface area contributed by atoms with Crippen LogP contribution in [-0.4, -0.2) is 39.8 Å². The summed E-state index contributed by atoms with van der Waals surface area (Å²) in [5, 5.41) is 10.4. The van der Waals surface area contributed by atoms with E-state index in [1.54, 1.807) is 29.1 Å². The van der Waals surface area contributed by atoms with Gasteiger partial charge in [-0.25, -0.2) is 8.78 Å². The molecule has 0 aliphatic carbocycles. The molecule has 1 saturated heterocycles. The van der Waals surface area contributed by atoms with Crippen molar-refractivity contribution in [1.29, 1.82) is 0 Å². The highest BCUT2D eigenvalue weighted by molar-refractivity contribution is 9.10. The molecule has 2 atom stereocenters. The zero-order valence-electron chi connectivity index (χ0n) is 16.2. The molecule has 0 radical (unpaired) electrons. The van der Waals surface area contributed by atoms with Gasteiger partial charge in [-0.15, -0.1) is 0 Å². The van der Waals surface area contributed by atoms with Crippen LogP contribution in [0.2, 0.25) is 0 Å². The van der Waals surface area contributed by atoms with Crippen molar-refractivity contribution in [2.45, 2.75) is 18.4 Å². The molecule has 0 unspecified atom stereocenters. The molecule has 4 rings (SSSR count). The third kappa shape index (κ3) is 4.13. The lowest BCUT2D eigenvalue weighted by Crippen LogP contribution is -2.50. The van der Waals surface area contributed by atoms with Gasteiger partial charge in [-0.1, -0.05) is 6.07 Å². The number of hydrogen-bond acceptors (Lipinski definition) is 4. The number of halogens is 3. The van der Waals surface area contributed by atoms with Gasteiger partial charge in [0.05, 0.1) is 21.9 Å². The van der Waals surface area contributed by atoms with Crippen LogP contribution in [0.5, 0.6) is 0 Å². The van der Waals surface area contributed by atoms with Crippen LogP contribution in [0.1, 0.15) is 28.3 Å². The van der Waals surface area contributed by atoms with Crippen molar-refractivity contribution in [3.63, 3.8) is 0 Å². The highest BCUT2D eigenvalue weighted by atomic mass is 79.9. The summed E-state index contributed by atoms with van der Waals surface area (Å²) in [6.45, 7) is 1.29. The number of carbonyl (C=O) groups is 1. The van der Waals surface area contributed by atoms with Crippen LogP contribution in [0.3, 0.4) is 0 Å². The van der Waals surface area contributed by atoms with E-state index in [2.05, 4.69) is 36.6 Å². The lowest BCUT2D eigenvalue weighted by molar-refractivity contribution is 0.0924. The molecule has 1 aliphatic heterocycles. The monoisotopic (exact) mass is 475 g/mol. The van der Waals surface area contributed by atoms with Gasteiger partial charge in [-0.3, -0.25) is 14.5 Å². The molecular formula is C21H20BrF2N5O. The zero-order valence-corrected chi connectivity index (χ0v) is 17.8. The lowest BCUT2D eigenvalue weighted by atomic mass is 9.86. The summed E-state index contributed by atoms with van der Waals surface area (Å²) in [5.41, 5.74) is 2.61. The number of nitrogens with one attached hydrogen (secondary N) is 2. The van der Waals surface area contributed by atoms with Gasteiger partial charge in [0.15, 0.2) is 11.6 Å². The number of aromatic nitrogens is 3. The fraction of sp³-hybridized carbons (Fsp3) is 0.286. The number of pyridine rings is 1. The van der Waals surface area contributed by atoms with E-state index in [1.165, 1.54) is 12.3 Å². The minimum Gasteiger partial charge on any atom is -0.347 e. The standard InChI is InChI=1S/C21H20BrF2N5O/c1-29-20(15(22)10-27-29)18-5-3-13(9-26-18)21(30)28-19-11-25-7-6-14(19)12-2-4-16(23)17(24)8-12/h2-5,8-10,14,19,25H,6-7,11H2,1H3,(H,28,30)/t14-,19+/m0/s1. The van der Waals surface area contributed by atoms with Crippen molar-refractivity contribution >= 4 is 21.8 Å². The van der Waals surface area contributed by atoms with E-state index in [4.69, 9.17) is 0 Å². The topological polar surface area (TPSA) is 71.8 Å². The Morgan fingerprint density at radius 1 is 1.23 bits per heavy atom. The summed E-state index contributed by atoms with van der Waals surface area (Å²) < 4.78 is 29.5. The molecule has 2 aromatic heterocycles. The quantitative estimate of drug-likeness (QED) is 0.606. The van der Waals surface area contributed by atoms with Crippen LogP contribution in [0.15, 0.2) is 47.2 Å². The second-order valence-corrected chi connectivity index (χ2v) is 8.10. The highest BCUT2D eigenvalue weighted by Crippen LogP contribution is 2.28. The molecule has 6 nitrogen and oxygen atoms in total. The van der Waals surface area contributed by atoms with Crippen molar-refractivity contribution < 1.29 is 13.6 Å². The lowest BCUT2D eigenvalue weighted by Gasteiger charge is -2.33. The number of carbonyl (C=O) groups excluding carboxylic acids is 1. The van der Waals surface area contributed by atoms with Gasteiger partial charge >= 0.3 is 0 Å². The Morgan fingerprint density at radius 2 is 2.07 bits per heavy atom. The van der Waals surface area contributed by atoms with E-state index in [1.807, 2.05) is 7.05 Å². The van der Waals surface area contributed by atoms with Gasteiger partial charge in [-0.05, 0) is 58.7 Å². The molecule has 9 heteroatoms. The molecule has 0 saturated carbocycles. The predicted octanol–water partition coefficient (Wildman–Crippen LogP) is 3.40. The normalized spacial score (nSPS) is 18.9. The number of benzene rings is 1. The van der Waals surface area contributed by atoms with Crippen molar-refractivity contribution in [3.05, 3.63) is 70.0 Å². The summed E-state index contributed by atoms with van der Waals surface area (Å²) in [5.74, 6) is -2.13. The Labute approximate surface area is 180 Å². The van der Waals surface area contributed by atoms with Gasteiger partial charge in [0.25, 0.3) is 5.91 Å². The predicted molar refractivity (Wildman–Crippen MR) is 112 cm³/mol. The third-order valence-corrected chi connectivity index (χ3v) is 5.91. The number of aryl methyl sites for hydroxylation is 1. The largest absolute Gasteiger partial charge is 0.347 e. The molecule has 30 heavy (non-hydrogen) atoms. The van der Waals surface area contributed by atoms with E-state index >= 15 is 0 Å². The van der Waals surface area contributed by atoms with Crippen molar-refractivity contribution in [2.24, 2.45) is 7.05 Å². The Morgan fingerprint density at radius 3 is 2.73 bits per heavy atom. The molecule has 3 heterocycles. The van der Waals surface area contributed by atoms with Crippen LogP contribution < -0.4 is 10.6 Å².